The zero-order valence-electron chi connectivity index (χ0n) is 21.2. The highest BCUT2D eigenvalue weighted by molar-refractivity contribution is 7.89. The lowest BCUT2D eigenvalue weighted by Gasteiger charge is -2.30. The summed E-state index contributed by atoms with van der Waals surface area (Å²) in [6, 6.07) is 9.20. The van der Waals surface area contributed by atoms with E-state index < -0.39 is 16.1 Å². The van der Waals surface area contributed by atoms with Crippen LogP contribution in [0.4, 0.5) is 0 Å². The lowest BCUT2D eigenvalue weighted by molar-refractivity contribution is 0.0693. The van der Waals surface area contributed by atoms with Crippen LogP contribution in [0.25, 0.3) is 0 Å². The maximum absolute atomic E-state index is 13.3. The van der Waals surface area contributed by atoms with Crippen molar-refractivity contribution in [2.24, 2.45) is 5.92 Å². The minimum atomic E-state index is -3.92. The summed E-state index contributed by atoms with van der Waals surface area (Å²) in [6.07, 6.45) is 1.86. The van der Waals surface area contributed by atoms with E-state index in [4.69, 9.17) is 14.2 Å². The summed E-state index contributed by atoms with van der Waals surface area (Å²) in [5, 5.41) is 0. The molecule has 1 fully saturated rings. The normalized spacial score (nSPS) is 15.5. The summed E-state index contributed by atoms with van der Waals surface area (Å²) >= 11 is 0. The fraction of sp³-hybridized carbons (Fsp3) is 0.500. The molecular weight excluding hydrogens is 468 g/mol. The van der Waals surface area contributed by atoms with Crippen LogP contribution in [-0.4, -0.2) is 52.6 Å². The van der Waals surface area contributed by atoms with Crippen molar-refractivity contribution in [1.82, 2.24) is 9.62 Å². The smallest absolute Gasteiger partial charge is 0.257 e. The van der Waals surface area contributed by atoms with Crippen LogP contribution >= 0.6 is 0 Å². The van der Waals surface area contributed by atoms with E-state index in [1.807, 2.05) is 13.8 Å². The van der Waals surface area contributed by atoms with Gasteiger partial charge in [0.15, 0.2) is 11.5 Å². The van der Waals surface area contributed by atoms with Crippen LogP contribution in [0.1, 0.15) is 62.5 Å². The SMILES string of the molecule is CCOc1ccc([C@@H](C)NS(=O)(=O)c2ccc(OC)c(C(=O)N3CCC(C)CC3)c2)cc1OCC. The first-order chi connectivity index (χ1) is 16.7. The van der Waals surface area contributed by atoms with Crippen LogP contribution in [0.3, 0.4) is 0 Å². The Morgan fingerprint density at radius 2 is 1.66 bits per heavy atom. The number of hydrogen-bond acceptors (Lipinski definition) is 6. The van der Waals surface area contributed by atoms with E-state index in [0.29, 0.717) is 49.5 Å². The number of amides is 1. The van der Waals surface area contributed by atoms with Crippen molar-refractivity contribution in [3.8, 4) is 17.2 Å². The molecule has 0 aromatic heterocycles. The molecule has 1 amide bonds. The molecule has 8 nitrogen and oxygen atoms in total. The molecule has 1 aliphatic rings. The first-order valence-electron chi connectivity index (χ1n) is 12.1. The number of methoxy groups -OCH3 is 1. The number of piperidine rings is 1. The number of likely N-dealkylation sites (tertiary alicyclic amines) is 1. The summed E-state index contributed by atoms with van der Waals surface area (Å²) in [5.41, 5.74) is 0.977. The van der Waals surface area contributed by atoms with Gasteiger partial charge in [-0.1, -0.05) is 13.0 Å². The second-order valence-corrected chi connectivity index (χ2v) is 10.5. The molecule has 1 atom stereocenters. The van der Waals surface area contributed by atoms with Crippen LogP contribution < -0.4 is 18.9 Å². The minimum absolute atomic E-state index is 0.00912. The molecule has 2 aromatic rings. The largest absolute Gasteiger partial charge is 0.496 e. The standard InChI is InChI=1S/C26H36N2O6S/c1-6-33-24-10-8-20(16-25(24)34-7-2)19(4)27-35(30,31)21-9-11-23(32-5)22(17-21)26(29)28-14-12-18(3)13-15-28/h8-11,16-19,27H,6-7,12-15H2,1-5H3/t19-/m1/s1. The summed E-state index contributed by atoms with van der Waals surface area (Å²) in [7, 11) is -2.45. The molecule has 0 aliphatic carbocycles. The summed E-state index contributed by atoms with van der Waals surface area (Å²) < 4.78 is 45.9. The predicted molar refractivity (Wildman–Crippen MR) is 135 cm³/mol. The first-order valence-corrected chi connectivity index (χ1v) is 13.6. The quantitative estimate of drug-likeness (QED) is 0.515. The molecule has 0 bridgehead atoms. The average Bonchev–Trinajstić information content (AvgIpc) is 2.84. The Labute approximate surface area is 208 Å². The maximum Gasteiger partial charge on any atom is 0.257 e. The second-order valence-electron chi connectivity index (χ2n) is 8.75. The topological polar surface area (TPSA) is 94.2 Å². The van der Waals surface area contributed by atoms with Gasteiger partial charge in [0.1, 0.15) is 5.75 Å². The van der Waals surface area contributed by atoms with E-state index in [-0.39, 0.29) is 16.4 Å². The number of nitrogens with zero attached hydrogens (tertiary/aromatic N) is 1. The molecule has 1 N–H and O–H groups in total. The van der Waals surface area contributed by atoms with Gasteiger partial charge in [0.05, 0.1) is 30.8 Å². The monoisotopic (exact) mass is 504 g/mol. The molecule has 1 heterocycles. The number of sulfonamides is 1. The van der Waals surface area contributed by atoms with Crippen molar-refractivity contribution in [3.63, 3.8) is 0 Å². The fourth-order valence-corrected chi connectivity index (χ4v) is 5.37. The van der Waals surface area contributed by atoms with Gasteiger partial charge in [0, 0.05) is 19.1 Å². The van der Waals surface area contributed by atoms with Gasteiger partial charge >= 0.3 is 0 Å². The van der Waals surface area contributed by atoms with Crippen molar-refractivity contribution in [2.75, 3.05) is 33.4 Å². The molecule has 1 saturated heterocycles. The van der Waals surface area contributed by atoms with Gasteiger partial charge in [-0.05, 0) is 75.4 Å². The van der Waals surface area contributed by atoms with Crippen LogP contribution in [-0.2, 0) is 10.0 Å². The summed E-state index contributed by atoms with van der Waals surface area (Å²) in [5.74, 6) is 1.88. The van der Waals surface area contributed by atoms with Crippen molar-refractivity contribution in [1.29, 1.82) is 0 Å². The van der Waals surface area contributed by atoms with Crippen LogP contribution in [0.5, 0.6) is 17.2 Å². The number of rotatable bonds is 10. The average molecular weight is 505 g/mol. The van der Waals surface area contributed by atoms with Gasteiger partial charge < -0.3 is 19.1 Å². The first kappa shape index (κ1) is 26.8. The molecule has 0 spiro atoms. The molecule has 1 aliphatic heterocycles. The summed E-state index contributed by atoms with van der Waals surface area (Å²) in [6.45, 7) is 9.95. The third-order valence-corrected chi connectivity index (χ3v) is 7.72. The van der Waals surface area contributed by atoms with Gasteiger partial charge in [-0.25, -0.2) is 13.1 Å². The minimum Gasteiger partial charge on any atom is -0.496 e. The van der Waals surface area contributed by atoms with E-state index in [2.05, 4.69) is 11.6 Å². The molecule has 3 rings (SSSR count). The van der Waals surface area contributed by atoms with Gasteiger partial charge in [0.2, 0.25) is 10.0 Å². The third-order valence-electron chi connectivity index (χ3n) is 6.18. The molecule has 9 heteroatoms. The molecule has 0 unspecified atom stereocenters. The van der Waals surface area contributed by atoms with Crippen molar-refractivity contribution >= 4 is 15.9 Å². The lowest BCUT2D eigenvalue weighted by Crippen LogP contribution is -2.38. The number of nitrogens with one attached hydrogen (secondary N) is 1. The van der Waals surface area contributed by atoms with E-state index in [0.717, 1.165) is 18.4 Å². The van der Waals surface area contributed by atoms with E-state index in [9.17, 15) is 13.2 Å². The zero-order chi connectivity index (χ0) is 25.6. The fourth-order valence-electron chi connectivity index (χ4n) is 4.11. The zero-order valence-corrected chi connectivity index (χ0v) is 22.0. The number of ether oxygens (including phenoxy) is 3. The number of carbonyl (C=O) groups is 1. The highest BCUT2D eigenvalue weighted by atomic mass is 32.2. The van der Waals surface area contributed by atoms with Gasteiger partial charge in [0.25, 0.3) is 5.91 Å². The van der Waals surface area contributed by atoms with E-state index in [1.54, 1.807) is 30.0 Å². The lowest BCUT2D eigenvalue weighted by atomic mass is 9.98. The molecule has 0 saturated carbocycles. The van der Waals surface area contributed by atoms with E-state index >= 15 is 0 Å². The van der Waals surface area contributed by atoms with Crippen molar-refractivity contribution < 1.29 is 27.4 Å². The van der Waals surface area contributed by atoms with Crippen LogP contribution in [0.15, 0.2) is 41.3 Å². The van der Waals surface area contributed by atoms with Gasteiger partial charge in [-0.15, -0.1) is 0 Å². The summed E-state index contributed by atoms with van der Waals surface area (Å²) in [4.78, 5) is 15.0. The number of benzene rings is 2. The Bertz CT molecular complexity index is 1130. The second kappa shape index (κ2) is 11.8. The molecule has 35 heavy (non-hydrogen) atoms. The third kappa shape index (κ3) is 6.46. The molecule has 2 aromatic carbocycles. The van der Waals surface area contributed by atoms with Gasteiger partial charge in [-0.3, -0.25) is 4.79 Å². The predicted octanol–water partition coefficient (Wildman–Crippen LogP) is 4.40. The highest BCUT2D eigenvalue weighted by Gasteiger charge is 2.27. The highest BCUT2D eigenvalue weighted by Crippen LogP contribution is 2.32. The van der Waals surface area contributed by atoms with Crippen LogP contribution in [0, 0.1) is 5.92 Å². The number of hydrogen-bond donors (Lipinski definition) is 1. The molecule has 0 radical (unpaired) electrons. The van der Waals surface area contributed by atoms with Crippen molar-refractivity contribution in [2.45, 2.75) is 51.5 Å². The maximum atomic E-state index is 13.3. The Morgan fingerprint density at radius 3 is 2.29 bits per heavy atom. The number of carbonyl (C=O) groups excluding carboxylic acids is 1. The van der Waals surface area contributed by atoms with Crippen molar-refractivity contribution in [3.05, 3.63) is 47.5 Å². The Balaban J connectivity index is 1.84. The Hall–Kier alpha value is -2.78. The Morgan fingerprint density at radius 1 is 1.03 bits per heavy atom. The Kier molecular flexibility index (Phi) is 9.02. The van der Waals surface area contributed by atoms with E-state index in [1.165, 1.54) is 25.3 Å². The molecular formula is C26H36N2O6S. The molecule has 192 valence electrons. The van der Waals surface area contributed by atoms with Gasteiger partial charge in [-0.2, -0.15) is 0 Å². The van der Waals surface area contributed by atoms with Crippen LogP contribution in [0.2, 0.25) is 0 Å².